The molecule has 9 heteroatoms. The maximum atomic E-state index is 13.4. The Morgan fingerprint density at radius 2 is 1.63 bits per heavy atom. The van der Waals surface area contributed by atoms with Crippen molar-refractivity contribution in [1.82, 2.24) is 5.32 Å². The van der Waals surface area contributed by atoms with E-state index in [1.54, 1.807) is 0 Å². The van der Waals surface area contributed by atoms with Gasteiger partial charge in [-0.1, -0.05) is 18.2 Å². The highest BCUT2D eigenvalue weighted by molar-refractivity contribution is 6.39. The van der Waals surface area contributed by atoms with Crippen molar-refractivity contribution in [3.8, 4) is 0 Å². The quantitative estimate of drug-likeness (QED) is 0.494. The smallest absolute Gasteiger partial charge is 0.273 e. The summed E-state index contributed by atoms with van der Waals surface area (Å²) in [6.45, 7) is 0. The molecule has 5 nitrogen and oxygen atoms in total. The van der Waals surface area contributed by atoms with Crippen LogP contribution in [-0.2, 0) is 15.8 Å². The third-order valence-electron chi connectivity index (χ3n) is 3.72. The largest absolute Gasteiger partial charge is 0.416 e. The molecule has 0 saturated carbocycles. The molecule has 3 rings (SSSR count). The number of rotatable bonds is 2. The Morgan fingerprint density at radius 3 is 2.22 bits per heavy atom. The summed E-state index contributed by atoms with van der Waals surface area (Å²) in [6.07, 6.45) is -3.47. The van der Waals surface area contributed by atoms with Gasteiger partial charge in [0.25, 0.3) is 11.8 Å². The zero-order chi connectivity index (χ0) is 19.8. The first-order valence-electron chi connectivity index (χ1n) is 7.51. The number of benzene rings is 2. The molecule has 1 aliphatic rings. The van der Waals surface area contributed by atoms with Crippen molar-refractivity contribution in [2.75, 3.05) is 4.90 Å². The molecule has 0 bridgehead atoms. The molecule has 0 aromatic heterocycles. The number of nitrogens with zero attached hydrogens (tertiary/aromatic N) is 1. The van der Waals surface area contributed by atoms with E-state index in [4.69, 9.17) is 0 Å². The highest BCUT2D eigenvalue weighted by Crippen LogP contribution is 2.29. The van der Waals surface area contributed by atoms with Crippen molar-refractivity contribution in [3.63, 3.8) is 0 Å². The monoisotopic (exact) mass is 378 g/mol. The third kappa shape index (κ3) is 3.71. The number of carbonyl (C=O) groups is 3. The van der Waals surface area contributed by atoms with E-state index in [1.165, 1.54) is 12.1 Å². The second-order valence-corrected chi connectivity index (χ2v) is 5.56. The third-order valence-corrected chi connectivity index (χ3v) is 3.72. The highest BCUT2D eigenvalue weighted by Gasteiger charge is 2.37. The van der Waals surface area contributed by atoms with Gasteiger partial charge in [-0.25, -0.2) is 14.1 Å². The van der Waals surface area contributed by atoms with Crippen molar-refractivity contribution in [2.24, 2.45) is 0 Å². The van der Waals surface area contributed by atoms with Gasteiger partial charge in [-0.05, 0) is 42.0 Å². The molecule has 4 amide bonds. The number of carbonyl (C=O) groups excluding carboxylic acids is 3. The van der Waals surface area contributed by atoms with Gasteiger partial charge in [0.15, 0.2) is 0 Å². The van der Waals surface area contributed by atoms with Crippen LogP contribution in [0.2, 0.25) is 0 Å². The van der Waals surface area contributed by atoms with Crippen molar-refractivity contribution < 1.29 is 31.9 Å². The minimum atomic E-state index is -4.52. The molecule has 1 aliphatic heterocycles. The number of hydrogen-bond acceptors (Lipinski definition) is 3. The Labute approximate surface area is 149 Å². The van der Waals surface area contributed by atoms with Gasteiger partial charge in [0.2, 0.25) is 0 Å². The lowest BCUT2D eigenvalue weighted by atomic mass is 10.1. The van der Waals surface area contributed by atoms with Crippen LogP contribution in [0.5, 0.6) is 0 Å². The van der Waals surface area contributed by atoms with Crippen LogP contribution >= 0.6 is 0 Å². The maximum Gasteiger partial charge on any atom is 0.416 e. The molecule has 0 unspecified atom stereocenters. The van der Waals surface area contributed by atoms with Crippen LogP contribution in [0, 0.1) is 5.82 Å². The van der Waals surface area contributed by atoms with Crippen molar-refractivity contribution in [2.45, 2.75) is 6.18 Å². The van der Waals surface area contributed by atoms with Crippen LogP contribution in [-0.4, -0.2) is 17.8 Å². The summed E-state index contributed by atoms with van der Waals surface area (Å²) in [5.41, 5.74) is -1.31. The predicted octanol–water partition coefficient (Wildman–Crippen LogP) is 3.51. The van der Waals surface area contributed by atoms with Crippen LogP contribution in [0.1, 0.15) is 11.1 Å². The number of anilines is 1. The van der Waals surface area contributed by atoms with Crippen molar-refractivity contribution in [3.05, 3.63) is 71.0 Å². The number of halogens is 4. The molecule has 1 N–H and O–H groups in total. The standard InChI is InChI=1S/C18H10F4N2O3/c19-12-2-1-3-13(9-12)24-16(26)14(15(25)23-17(24)27)8-10-4-6-11(7-5-10)18(20,21)22/h1-9H,(H,23,25,27)/b14-8+. The normalized spacial score (nSPS) is 16.7. The average Bonchev–Trinajstić information content (AvgIpc) is 2.58. The molecular formula is C18H10F4N2O3. The molecule has 0 radical (unpaired) electrons. The van der Waals surface area contributed by atoms with E-state index < -0.39 is 41.0 Å². The second-order valence-electron chi connectivity index (χ2n) is 5.56. The second kappa shape index (κ2) is 6.67. The molecule has 2 aromatic rings. The van der Waals surface area contributed by atoms with Crippen LogP contribution in [0.25, 0.3) is 6.08 Å². The number of amides is 4. The van der Waals surface area contributed by atoms with E-state index in [-0.39, 0.29) is 11.3 Å². The molecule has 27 heavy (non-hydrogen) atoms. The van der Waals surface area contributed by atoms with Gasteiger partial charge >= 0.3 is 12.2 Å². The van der Waals surface area contributed by atoms with Gasteiger partial charge in [-0.2, -0.15) is 13.2 Å². The van der Waals surface area contributed by atoms with Gasteiger partial charge in [-0.15, -0.1) is 0 Å². The summed E-state index contributed by atoms with van der Waals surface area (Å²) in [4.78, 5) is 37.1. The van der Waals surface area contributed by atoms with Crippen molar-refractivity contribution in [1.29, 1.82) is 0 Å². The van der Waals surface area contributed by atoms with E-state index in [1.807, 2.05) is 5.32 Å². The first-order chi connectivity index (χ1) is 12.7. The van der Waals surface area contributed by atoms with Gasteiger partial charge in [0.1, 0.15) is 11.4 Å². The van der Waals surface area contributed by atoms with Gasteiger partial charge in [0, 0.05) is 0 Å². The number of alkyl halides is 3. The number of barbiturate groups is 1. The van der Waals surface area contributed by atoms with E-state index in [2.05, 4.69) is 0 Å². The lowest BCUT2D eigenvalue weighted by Crippen LogP contribution is -2.54. The fourth-order valence-corrected chi connectivity index (χ4v) is 2.44. The number of hydrogen-bond donors (Lipinski definition) is 1. The first-order valence-corrected chi connectivity index (χ1v) is 7.51. The molecule has 0 spiro atoms. The minimum Gasteiger partial charge on any atom is -0.273 e. The molecule has 1 saturated heterocycles. The molecule has 138 valence electrons. The summed E-state index contributed by atoms with van der Waals surface area (Å²) < 4.78 is 51.2. The Kier molecular flexibility index (Phi) is 4.52. The topological polar surface area (TPSA) is 66.5 Å². The zero-order valence-electron chi connectivity index (χ0n) is 13.4. The number of urea groups is 1. The minimum absolute atomic E-state index is 0.0941. The summed E-state index contributed by atoms with van der Waals surface area (Å²) in [5.74, 6) is -2.72. The van der Waals surface area contributed by atoms with Crippen LogP contribution in [0.3, 0.4) is 0 Å². The van der Waals surface area contributed by atoms with Crippen LogP contribution < -0.4 is 10.2 Å². The maximum absolute atomic E-state index is 13.4. The van der Waals surface area contributed by atoms with Crippen LogP contribution in [0.15, 0.2) is 54.1 Å². The van der Waals surface area contributed by atoms with Crippen LogP contribution in [0.4, 0.5) is 28.0 Å². The lowest BCUT2D eigenvalue weighted by Gasteiger charge is -2.26. The fraction of sp³-hybridized carbons (Fsp3) is 0.0556. The Morgan fingerprint density at radius 1 is 0.963 bits per heavy atom. The van der Waals surface area contributed by atoms with Crippen molar-refractivity contribution >= 4 is 29.6 Å². The van der Waals surface area contributed by atoms with E-state index in [0.29, 0.717) is 4.90 Å². The Bertz CT molecular complexity index is 965. The summed E-state index contributed by atoms with van der Waals surface area (Å²) in [7, 11) is 0. The summed E-state index contributed by atoms with van der Waals surface area (Å²) in [6, 6.07) is 7.33. The predicted molar refractivity (Wildman–Crippen MR) is 86.8 cm³/mol. The molecule has 2 aromatic carbocycles. The number of imide groups is 2. The lowest BCUT2D eigenvalue weighted by molar-refractivity contribution is -0.137. The SMILES string of the molecule is O=C1NC(=O)N(c2cccc(F)c2)C(=O)/C1=C/c1ccc(C(F)(F)F)cc1. The molecule has 0 aliphatic carbocycles. The Hall–Kier alpha value is -3.49. The number of nitrogens with one attached hydrogen (secondary N) is 1. The highest BCUT2D eigenvalue weighted by atomic mass is 19.4. The molecule has 1 heterocycles. The first kappa shape index (κ1) is 18.3. The van der Waals surface area contributed by atoms with E-state index in [0.717, 1.165) is 42.5 Å². The molecular weight excluding hydrogens is 368 g/mol. The van der Waals surface area contributed by atoms with Gasteiger partial charge in [-0.3, -0.25) is 14.9 Å². The van der Waals surface area contributed by atoms with E-state index >= 15 is 0 Å². The van der Waals surface area contributed by atoms with Gasteiger partial charge < -0.3 is 0 Å². The Balaban J connectivity index is 1.97. The molecule has 1 fully saturated rings. The fourth-order valence-electron chi connectivity index (χ4n) is 2.44. The zero-order valence-corrected chi connectivity index (χ0v) is 13.4. The summed E-state index contributed by atoms with van der Waals surface area (Å²) in [5, 5.41) is 1.94. The molecule has 0 atom stereocenters. The average molecular weight is 378 g/mol. The van der Waals surface area contributed by atoms with E-state index in [9.17, 15) is 31.9 Å². The van der Waals surface area contributed by atoms with Gasteiger partial charge in [0.05, 0.1) is 11.3 Å². The summed E-state index contributed by atoms with van der Waals surface area (Å²) >= 11 is 0.